The van der Waals surface area contributed by atoms with Gasteiger partial charge in [0.2, 0.25) is 70.9 Å². The third kappa shape index (κ3) is 28.3. The molecule has 10 rings (SSSR count). The molecule has 4 bridgehead atoms. The fourth-order valence-corrected chi connectivity index (χ4v) is 14.5. The molecule has 0 saturated carbocycles. The number of hydrogen-bond donors (Lipinski definition) is 19. The monoisotopic (exact) mass is 1650 g/mol. The zero-order chi connectivity index (χ0) is 85.0. The number of phenols is 1. The molecule has 0 aliphatic carbocycles. The molecule has 626 valence electrons. The highest BCUT2D eigenvalue weighted by Gasteiger charge is 2.38. The molecule has 7 heterocycles. The predicted molar refractivity (Wildman–Crippen MR) is 435 cm³/mol. The van der Waals surface area contributed by atoms with E-state index in [1.807, 2.05) is 13.8 Å². The first-order chi connectivity index (χ1) is 55.8. The number of thioether (sulfide) groups is 2. The van der Waals surface area contributed by atoms with Crippen LogP contribution in [0.15, 0.2) is 134 Å². The number of nitrogens with one attached hydrogen (secondary N) is 13. The summed E-state index contributed by atoms with van der Waals surface area (Å²) in [5.41, 5.74) is 16.3. The quantitative estimate of drug-likeness (QED) is 0.0339. The number of carbonyl (C=O) groups is 13. The SMILES string of the molecule is CC(C)C[C@@H]1NC(=O)[C@H](CCC(N)=O)NC(=O)[C@H](C)NC(=O)[C@H](Cc2c[nH]c3ccccc23)NC(=O)[C@H](Cc2ccc(O)cc2)NC(=O)[C@H](Cc2c[nH]cn2)NC(=O)[C@@H](NC(=O)[C@H](Cc2ccccc2)NC(=O)[C@@H](NC(=O)[C@@H](N)CC(C)C)[C@@H](C)O)CSCc2ccc(cn2)-c2ccc(nc2)CSC[C@@H](C(=O)N[C@@H](CO)C(=O)O)NC1=O. The summed E-state index contributed by atoms with van der Waals surface area (Å²) in [7, 11) is 0. The Hall–Kier alpha value is -11.8. The summed E-state index contributed by atoms with van der Waals surface area (Å²) >= 11 is 2.27. The minimum Gasteiger partial charge on any atom is -0.508 e. The van der Waals surface area contributed by atoms with E-state index in [0.717, 1.165) is 23.5 Å². The number of amides is 12. The van der Waals surface area contributed by atoms with Crippen LogP contribution in [0.3, 0.4) is 0 Å². The van der Waals surface area contributed by atoms with Crippen LogP contribution in [0.5, 0.6) is 5.75 Å². The number of para-hydroxylation sites is 1. The first-order valence-corrected chi connectivity index (χ1v) is 40.4. The minimum atomic E-state index is -1.78. The molecule has 13 atom stereocenters. The number of fused-ring (bicyclic) bond motifs is 3. The molecule has 35 nitrogen and oxygen atoms in total. The number of aliphatic hydroxyl groups excluding tert-OH is 2. The molecule has 7 aromatic rings. The van der Waals surface area contributed by atoms with Gasteiger partial charge < -0.3 is 100 Å². The molecular formula is C80H102N18O17S2. The van der Waals surface area contributed by atoms with E-state index in [-0.39, 0.29) is 84.8 Å². The zero-order valence-corrected chi connectivity index (χ0v) is 67.1. The van der Waals surface area contributed by atoms with Crippen LogP contribution < -0.4 is 70.0 Å². The van der Waals surface area contributed by atoms with Crippen molar-refractivity contribution in [1.82, 2.24) is 83.4 Å². The summed E-state index contributed by atoms with van der Waals surface area (Å²) in [5.74, 6) is -13.5. The van der Waals surface area contributed by atoms with Gasteiger partial charge in [-0.15, -0.1) is 0 Å². The third-order valence-corrected chi connectivity index (χ3v) is 21.0. The van der Waals surface area contributed by atoms with Crippen LogP contribution in [0.1, 0.15) is 101 Å². The van der Waals surface area contributed by atoms with E-state index in [1.54, 1.807) is 111 Å². The topological polar surface area (TPSA) is 557 Å². The highest BCUT2D eigenvalue weighted by atomic mass is 32.2. The van der Waals surface area contributed by atoms with Gasteiger partial charge in [0.15, 0.2) is 0 Å². The van der Waals surface area contributed by atoms with Gasteiger partial charge in [0, 0.05) is 102 Å². The number of carboxylic acid groups (broad SMARTS) is 1. The van der Waals surface area contributed by atoms with Gasteiger partial charge >= 0.3 is 5.97 Å². The number of aromatic nitrogens is 5. The third-order valence-electron chi connectivity index (χ3n) is 18.9. The number of primary amides is 1. The normalized spacial score (nSPS) is 20.7. The maximum atomic E-state index is 15.4. The Labute approximate surface area is 683 Å². The standard InChI is InChI=1S/C80H102N18O17S2/c1-42(2)26-56(81)70(104)98-68(45(6)100)79(113)94-61(28-46-12-8-7-9-13-46)75(109)97-65-39-116-37-51-20-18-48(32-84-51)49-19-21-52(85-33-49)38-117-40-66(78(112)95-64(36-99)80(114)115)96-73(107)59(27-43(3)4)90-71(105)58(24-25-67(82)102)89-69(103)44(5)88-72(106)62(30-50-34-86-57-15-11-10-14-55(50)57)92-74(108)60(29-47-16-22-54(101)23-17-47)91-76(110)63(93-77(65)111)31-53-35-83-41-87-53/h7-23,32-35,41-45,56,58-66,68,86,99-101H,24-31,36-40,81H2,1-6H3,(H2,82,102)(H,83,87)(H,88,106)(H,89,103)(H,90,105)(H,91,110)(H,92,108)(H,93,111)(H,94,113)(H,95,112)(H,96,107)(H,97,109)(H,98,104)(H,114,115)/t44-,45+,56-,58-,59-,60-,61-,62-,63-,64-,65-,66-,68-/m0/s1. The number of imidazole rings is 1. The number of aromatic amines is 2. The lowest BCUT2D eigenvalue weighted by Crippen LogP contribution is -2.62. The van der Waals surface area contributed by atoms with Crippen LogP contribution in [0.4, 0.5) is 0 Å². The van der Waals surface area contributed by atoms with Crippen molar-refractivity contribution in [2.24, 2.45) is 23.3 Å². The van der Waals surface area contributed by atoms with E-state index >= 15 is 24.0 Å². The van der Waals surface area contributed by atoms with Crippen molar-refractivity contribution in [3.05, 3.63) is 168 Å². The van der Waals surface area contributed by atoms with Gasteiger partial charge in [0.05, 0.1) is 42.2 Å². The van der Waals surface area contributed by atoms with Crippen LogP contribution in [0, 0.1) is 11.8 Å². The summed E-state index contributed by atoms with van der Waals surface area (Å²) < 4.78 is 0. The second kappa shape index (κ2) is 44.3. The number of aliphatic hydroxyl groups is 2. The number of rotatable bonds is 26. The van der Waals surface area contributed by atoms with Gasteiger partial charge in [-0.25, -0.2) is 9.78 Å². The van der Waals surface area contributed by atoms with Crippen molar-refractivity contribution in [3.8, 4) is 16.9 Å². The van der Waals surface area contributed by atoms with Crippen molar-refractivity contribution in [1.29, 1.82) is 0 Å². The van der Waals surface area contributed by atoms with Gasteiger partial charge in [-0.1, -0.05) is 100 Å². The fourth-order valence-electron chi connectivity index (χ4n) is 12.5. The van der Waals surface area contributed by atoms with E-state index in [1.165, 1.54) is 50.6 Å². The van der Waals surface area contributed by atoms with Crippen molar-refractivity contribution < 1.29 is 82.8 Å². The van der Waals surface area contributed by atoms with Gasteiger partial charge in [-0.3, -0.25) is 67.5 Å². The predicted octanol–water partition coefficient (Wildman–Crippen LogP) is -0.000200. The zero-order valence-electron chi connectivity index (χ0n) is 65.5. The van der Waals surface area contributed by atoms with Crippen LogP contribution in [0.2, 0.25) is 0 Å². The molecule has 12 amide bonds. The Morgan fingerprint density at radius 1 is 0.581 bits per heavy atom. The maximum Gasteiger partial charge on any atom is 0.328 e. The number of carboxylic acids is 1. The number of pyridine rings is 2. The summed E-state index contributed by atoms with van der Waals surface area (Å²) in [4.78, 5) is 205. The number of nitrogens with two attached hydrogens (primary N) is 2. The summed E-state index contributed by atoms with van der Waals surface area (Å²) in [6, 6.07) is 9.73. The lowest BCUT2D eigenvalue weighted by molar-refractivity contribution is -0.143. The molecule has 3 aliphatic rings. The molecule has 3 aliphatic heterocycles. The molecule has 117 heavy (non-hydrogen) atoms. The average Bonchev–Trinajstić information content (AvgIpc) is 1.73. The lowest BCUT2D eigenvalue weighted by Gasteiger charge is -2.28. The van der Waals surface area contributed by atoms with Crippen LogP contribution in [0.25, 0.3) is 22.0 Å². The largest absolute Gasteiger partial charge is 0.508 e. The van der Waals surface area contributed by atoms with E-state index < -0.39 is 175 Å². The molecule has 37 heteroatoms. The number of aromatic hydroxyl groups is 1. The van der Waals surface area contributed by atoms with Crippen LogP contribution >= 0.6 is 23.5 Å². The minimum absolute atomic E-state index is 0.00888. The molecule has 0 radical (unpaired) electrons. The number of hydrogen-bond acceptors (Lipinski definition) is 22. The van der Waals surface area contributed by atoms with Crippen molar-refractivity contribution in [2.45, 2.75) is 183 Å². The van der Waals surface area contributed by atoms with E-state index in [0.29, 0.717) is 50.1 Å². The molecule has 0 saturated heterocycles. The second-order valence-electron chi connectivity index (χ2n) is 29.4. The van der Waals surface area contributed by atoms with Gasteiger partial charge in [-0.2, -0.15) is 23.5 Å². The Kier molecular flexibility index (Phi) is 34.4. The van der Waals surface area contributed by atoms with Crippen molar-refractivity contribution in [2.75, 3.05) is 18.1 Å². The smallest absolute Gasteiger partial charge is 0.328 e. The molecular weight excluding hydrogens is 1550 g/mol. The van der Waals surface area contributed by atoms with E-state index in [9.17, 15) is 58.8 Å². The Balaban J connectivity index is 1.19. The van der Waals surface area contributed by atoms with Gasteiger partial charge in [-0.05, 0) is 92.0 Å². The summed E-state index contributed by atoms with van der Waals surface area (Å²) in [5, 5.41) is 70.5. The van der Waals surface area contributed by atoms with Crippen molar-refractivity contribution in [3.63, 3.8) is 0 Å². The van der Waals surface area contributed by atoms with Crippen molar-refractivity contribution >= 4 is 111 Å². The first kappa shape index (κ1) is 90.7. The van der Waals surface area contributed by atoms with Crippen LogP contribution in [-0.4, -0.2) is 219 Å². The number of carbonyl (C=O) groups excluding carboxylic acids is 12. The average molecular weight is 1650 g/mol. The Morgan fingerprint density at radius 3 is 1.75 bits per heavy atom. The number of H-pyrrole nitrogens is 2. The Bertz CT molecular complexity index is 4560. The molecule has 21 N–H and O–H groups in total. The lowest BCUT2D eigenvalue weighted by atomic mass is 10.0. The molecule has 0 unspecified atom stereocenters. The fraction of sp³-hybridized carbons (Fsp3) is 0.425. The highest BCUT2D eigenvalue weighted by molar-refractivity contribution is 7.98. The molecule has 3 aromatic carbocycles. The van der Waals surface area contributed by atoms with Crippen LogP contribution in [-0.2, 0) is 99.5 Å². The number of nitrogens with zero attached hydrogens (tertiary/aromatic N) is 3. The van der Waals surface area contributed by atoms with Gasteiger partial charge in [0.25, 0.3) is 0 Å². The highest BCUT2D eigenvalue weighted by Crippen LogP contribution is 2.24. The summed E-state index contributed by atoms with van der Waals surface area (Å²) in [6.45, 7) is 8.71. The van der Waals surface area contributed by atoms with E-state index in [4.69, 9.17) is 11.5 Å². The number of phenolic OH excluding ortho intramolecular Hbond substituents is 1. The van der Waals surface area contributed by atoms with E-state index in [2.05, 4.69) is 83.4 Å². The molecule has 4 aromatic heterocycles. The second-order valence-corrected chi connectivity index (χ2v) is 31.5. The molecule has 0 spiro atoms. The first-order valence-electron chi connectivity index (χ1n) is 38.1. The molecule has 0 fully saturated rings. The van der Waals surface area contributed by atoms with Gasteiger partial charge in [0.1, 0.15) is 72.2 Å². The maximum absolute atomic E-state index is 15.4. The number of aliphatic carboxylic acids is 1. The number of benzene rings is 3. The Morgan fingerprint density at radius 2 is 1.16 bits per heavy atom. The summed E-state index contributed by atoms with van der Waals surface area (Å²) in [6.07, 6.45) is 4.22.